The van der Waals surface area contributed by atoms with E-state index in [9.17, 15) is 9.59 Å². The molecular formula is C14H26N4O2. The fourth-order valence-electron chi connectivity index (χ4n) is 2.71. The first-order chi connectivity index (χ1) is 9.39. The number of hydrogen-bond acceptors (Lipinski definition) is 4. The number of amides is 2. The van der Waals surface area contributed by atoms with Gasteiger partial charge in [-0.25, -0.2) is 0 Å². The number of nitrogens with two attached hydrogens (primary N) is 1. The van der Waals surface area contributed by atoms with Crippen molar-refractivity contribution in [3.8, 4) is 0 Å². The van der Waals surface area contributed by atoms with Crippen molar-refractivity contribution < 1.29 is 9.59 Å². The fraction of sp³-hybridized carbons (Fsp3) is 0.857. The number of carbonyl (C=O) groups excluding carboxylic acids is 2. The van der Waals surface area contributed by atoms with Crippen LogP contribution in [0.1, 0.15) is 25.7 Å². The Hall–Kier alpha value is -1.14. The van der Waals surface area contributed by atoms with Gasteiger partial charge >= 0.3 is 0 Å². The van der Waals surface area contributed by atoms with Crippen LogP contribution in [0.4, 0.5) is 0 Å². The van der Waals surface area contributed by atoms with Gasteiger partial charge in [0.2, 0.25) is 11.8 Å². The molecule has 0 aromatic heterocycles. The van der Waals surface area contributed by atoms with E-state index in [1.807, 2.05) is 4.90 Å². The molecule has 1 aliphatic carbocycles. The maximum absolute atomic E-state index is 12.2. The number of rotatable bonds is 4. The molecule has 0 unspecified atom stereocenters. The molecule has 0 aromatic rings. The second-order valence-electron chi connectivity index (χ2n) is 6.34. The van der Waals surface area contributed by atoms with Crippen LogP contribution in [0.2, 0.25) is 0 Å². The Morgan fingerprint density at radius 1 is 1.15 bits per heavy atom. The van der Waals surface area contributed by atoms with Crippen molar-refractivity contribution in [1.82, 2.24) is 14.7 Å². The summed E-state index contributed by atoms with van der Waals surface area (Å²) in [4.78, 5) is 29.4. The predicted molar refractivity (Wildman–Crippen MR) is 77.1 cm³/mol. The lowest BCUT2D eigenvalue weighted by molar-refractivity contribution is -0.135. The van der Waals surface area contributed by atoms with Crippen LogP contribution < -0.4 is 5.73 Å². The van der Waals surface area contributed by atoms with Crippen LogP contribution >= 0.6 is 0 Å². The molecule has 2 fully saturated rings. The summed E-state index contributed by atoms with van der Waals surface area (Å²) in [5.74, 6) is 0.283. The van der Waals surface area contributed by atoms with E-state index in [0.717, 1.165) is 32.4 Å². The van der Waals surface area contributed by atoms with E-state index in [2.05, 4.69) is 4.90 Å². The van der Waals surface area contributed by atoms with Gasteiger partial charge in [-0.05, 0) is 19.3 Å². The molecule has 20 heavy (non-hydrogen) atoms. The van der Waals surface area contributed by atoms with Crippen LogP contribution in [0.25, 0.3) is 0 Å². The van der Waals surface area contributed by atoms with E-state index >= 15 is 0 Å². The van der Waals surface area contributed by atoms with Gasteiger partial charge in [0.25, 0.3) is 0 Å². The summed E-state index contributed by atoms with van der Waals surface area (Å²) in [5.41, 5.74) is 5.89. The minimum atomic E-state index is -0.241. The van der Waals surface area contributed by atoms with E-state index < -0.39 is 0 Å². The largest absolute Gasteiger partial charge is 0.348 e. The quantitative estimate of drug-likeness (QED) is 0.754. The Morgan fingerprint density at radius 3 is 2.20 bits per heavy atom. The highest BCUT2D eigenvalue weighted by molar-refractivity contribution is 5.78. The zero-order valence-electron chi connectivity index (χ0n) is 12.6. The van der Waals surface area contributed by atoms with Gasteiger partial charge in [0, 0.05) is 52.2 Å². The third kappa shape index (κ3) is 3.70. The third-order valence-electron chi connectivity index (χ3n) is 4.44. The lowest BCUT2D eigenvalue weighted by atomic mass is 9.75. The second-order valence-corrected chi connectivity index (χ2v) is 6.34. The highest BCUT2D eigenvalue weighted by Crippen LogP contribution is 2.32. The van der Waals surface area contributed by atoms with E-state index in [-0.39, 0.29) is 17.4 Å². The molecule has 0 spiro atoms. The first kappa shape index (κ1) is 15.3. The molecule has 2 aliphatic rings. The maximum atomic E-state index is 12.2. The van der Waals surface area contributed by atoms with Gasteiger partial charge in [-0.2, -0.15) is 0 Å². The average molecular weight is 282 g/mol. The highest BCUT2D eigenvalue weighted by Gasteiger charge is 2.36. The van der Waals surface area contributed by atoms with Gasteiger partial charge in [0.15, 0.2) is 0 Å². The van der Waals surface area contributed by atoms with E-state index in [1.165, 1.54) is 0 Å². The van der Waals surface area contributed by atoms with Crippen molar-refractivity contribution in [2.24, 2.45) is 5.73 Å². The minimum absolute atomic E-state index is 0.111. The van der Waals surface area contributed by atoms with Crippen molar-refractivity contribution >= 4 is 11.8 Å². The average Bonchev–Trinajstić information content (AvgIpc) is 2.37. The molecule has 2 N–H and O–H groups in total. The number of piperazine rings is 1. The highest BCUT2D eigenvalue weighted by atomic mass is 16.2. The molecule has 0 bridgehead atoms. The lowest BCUT2D eigenvalue weighted by Crippen LogP contribution is -2.55. The fourth-order valence-corrected chi connectivity index (χ4v) is 2.71. The summed E-state index contributed by atoms with van der Waals surface area (Å²) < 4.78 is 0. The molecule has 1 heterocycles. The Balaban J connectivity index is 1.73. The van der Waals surface area contributed by atoms with Gasteiger partial charge < -0.3 is 15.5 Å². The molecule has 1 aliphatic heterocycles. The van der Waals surface area contributed by atoms with Crippen molar-refractivity contribution in [3.63, 3.8) is 0 Å². The van der Waals surface area contributed by atoms with Crippen molar-refractivity contribution in [2.75, 3.05) is 46.8 Å². The maximum Gasteiger partial charge on any atom is 0.236 e. The smallest absolute Gasteiger partial charge is 0.236 e. The number of carbonyl (C=O) groups is 2. The normalized spacial score (nSPS) is 22.2. The molecule has 6 heteroatoms. The molecule has 0 radical (unpaired) electrons. The van der Waals surface area contributed by atoms with Crippen LogP contribution in [0.5, 0.6) is 0 Å². The molecule has 2 rings (SSSR count). The molecular weight excluding hydrogens is 256 g/mol. The van der Waals surface area contributed by atoms with Gasteiger partial charge in [0.1, 0.15) is 0 Å². The zero-order chi connectivity index (χ0) is 14.8. The molecule has 114 valence electrons. The molecule has 0 aromatic carbocycles. The Morgan fingerprint density at radius 2 is 1.75 bits per heavy atom. The SMILES string of the molecule is CN(C)C(=O)CN1CCN(C(=O)CC2(N)CCC2)CC1. The van der Waals surface area contributed by atoms with E-state index in [4.69, 9.17) is 5.73 Å². The zero-order valence-corrected chi connectivity index (χ0v) is 12.6. The van der Waals surface area contributed by atoms with Crippen molar-refractivity contribution in [2.45, 2.75) is 31.2 Å². The van der Waals surface area contributed by atoms with Gasteiger partial charge in [-0.3, -0.25) is 14.5 Å². The molecule has 1 saturated carbocycles. The van der Waals surface area contributed by atoms with Crippen LogP contribution in [0.15, 0.2) is 0 Å². The second kappa shape index (κ2) is 6.10. The van der Waals surface area contributed by atoms with Gasteiger partial charge in [-0.15, -0.1) is 0 Å². The topological polar surface area (TPSA) is 69.9 Å². The lowest BCUT2D eigenvalue weighted by Gasteiger charge is -2.40. The monoisotopic (exact) mass is 282 g/mol. The summed E-state index contributed by atoms with van der Waals surface area (Å²) in [6.07, 6.45) is 3.56. The summed E-state index contributed by atoms with van der Waals surface area (Å²) in [6.45, 7) is 3.38. The Kier molecular flexibility index (Phi) is 4.65. The summed E-state index contributed by atoms with van der Waals surface area (Å²) in [7, 11) is 3.53. The van der Waals surface area contributed by atoms with Gasteiger partial charge in [-0.1, -0.05) is 0 Å². The molecule has 2 amide bonds. The van der Waals surface area contributed by atoms with Crippen molar-refractivity contribution in [3.05, 3.63) is 0 Å². The molecule has 1 saturated heterocycles. The predicted octanol–water partition coefficient (Wildman–Crippen LogP) is -0.510. The Bertz CT molecular complexity index is 371. The van der Waals surface area contributed by atoms with Crippen molar-refractivity contribution in [1.29, 1.82) is 0 Å². The van der Waals surface area contributed by atoms with Crippen LogP contribution in [0, 0.1) is 0 Å². The van der Waals surface area contributed by atoms with Crippen LogP contribution in [-0.4, -0.2) is 78.9 Å². The van der Waals surface area contributed by atoms with E-state index in [0.29, 0.717) is 26.1 Å². The minimum Gasteiger partial charge on any atom is -0.348 e. The standard InChI is InChI=1S/C14H26N4O2/c1-16(2)13(20)11-17-6-8-18(9-7-17)12(19)10-14(15)4-3-5-14/h3-11,15H2,1-2H3. The first-order valence-electron chi connectivity index (χ1n) is 7.39. The first-order valence-corrected chi connectivity index (χ1v) is 7.39. The van der Waals surface area contributed by atoms with E-state index in [1.54, 1.807) is 19.0 Å². The van der Waals surface area contributed by atoms with Crippen LogP contribution in [0.3, 0.4) is 0 Å². The number of nitrogens with zero attached hydrogens (tertiary/aromatic N) is 3. The third-order valence-corrected chi connectivity index (χ3v) is 4.44. The number of likely N-dealkylation sites (N-methyl/N-ethyl adjacent to an activating group) is 1. The van der Waals surface area contributed by atoms with Crippen LogP contribution in [-0.2, 0) is 9.59 Å². The summed E-state index contributed by atoms with van der Waals surface area (Å²) >= 11 is 0. The summed E-state index contributed by atoms with van der Waals surface area (Å²) in [6, 6.07) is 0. The number of hydrogen-bond donors (Lipinski definition) is 1. The van der Waals surface area contributed by atoms with Gasteiger partial charge in [0.05, 0.1) is 6.54 Å². The molecule has 0 atom stereocenters. The Labute approximate surface area is 120 Å². The summed E-state index contributed by atoms with van der Waals surface area (Å²) in [5, 5.41) is 0. The molecule has 6 nitrogen and oxygen atoms in total.